The third-order valence-corrected chi connectivity index (χ3v) is 8.01. The highest BCUT2D eigenvalue weighted by atomic mass is 32.2. The van der Waals surface area contributed by atoms with Gasteiger partial charge in [-0.25, -0.2) is 4.79 Å². The van der Waals surface area contributed by atoms with Gasteiger partial charge >= 0.3 is 5.97 Å². The van der Waals surface area contributed by atoms with E-state index >= 15 is 0 Å². The lowest BCUT2D eigenvalue weighted by molar-refractivity contribution is 0.0473. The van der Waals surface area contributed by atoms with Gasteiger partial charge in [0.2, 0.25) is 0 Å². The second-order valence-corrected chi connectivity index (χ2v) is 10.8. The Balaban J connectivity index is 1.55. The summed E-state index contributed by atoms with van der Waals surface area (Å²) in [5, 5.41) is 1.89. The monoisotopic (exact) mass is 566 g/mol. The number of ether oxygens (including phenoxy) is 2. The first-order valence-corrected chi connectivity index (χ1v) is 15.1. The summed E-state index contributed by atoms with van der Waals surface area (Å²) in [5.74, 6) is 0.257. The van der Waals surface area contributed by atoms with E-state index in [2.05, 4.69) is 42.7 Å². The number of esters is 1. The maximum absolute atomic E-state index is 13.8. The minimum absolute atomic E-state index is 0.190. The van der Waals surface area contributed by atoms with Crippen LogP contribution in [0.3, 0.4) is 0 Å². The molecule has 0 heterocycles. The van der Waals surface area contributed by atoms with Crippen molar-refractivity contribution >= 4 is 28.5 Å². The molecule has 0 aliphatic heterocycles. The Bertz CT molecular complexity index is 1800. The number of carbonyl (C=O) groups excluding carboxylic acids is 1. The minimum atomic E-state index is -0.387. The van der Waals surface area contributed by atoms with E-state index in [0.717, 1.165) is 49.0 Å². The first-order chi connectivity index (χ1) is 20.7. The maximum Gasteiger partial charge on any atom is 0.339 e. The third-order valence-electron chi connectivity index (χ3n) is 7.24. The second-order valence-electron chi connectivity index (χ2n) is 9.96. The van der Waals surface area contributed by atoms with Gasteiger partial charge in [-0.05, 0) is 57.7 Å². The molecule has 0 aromatic heterocycles. The summed E-state index contributed by atoms with van der Waals surface area (Å²) in [5.41, 5.74) is 6.51. The molecule has 0 aliphatic carbocycles. The van der Waals surface area contributed by atoms with Crippen LogP contribution >= 0.6 is 11.8 Å². The average molecular weight is 567 g/mol. The van der Waals surface area contributed by atoms with Crippen molar-refractivity contribution in [1.29, 1.82) is 0 Å². The van der Waals surface area contributed by atoms with Crippen LogP contribution in [0.15, 0.2) is 144 Å². The van der Waals surface area contributed by atoms with Crippen molar-refractivity contribution in [3.63, 3.8) is 0 Å². The Hall–Kier alpha value is -4.80. The van der Waals surface area contributed by atoms with E-state index < -0.39 is 0 Å². The van der Waals surface area contributed by atoms with Gasteiger partial charge in [0.15, 0.2) is 0 Å². The van der Waals surface area contributed by atoms with Crippen molar-refractivity contribution in [3.8, 4) is 28.0 Å². The summed E-state index contributed by atoms with van der Waals surface area (Å²) in [6.07, 6.45) is 2.08. The Kier molecular flexibility index (Phi) is 8.34. The molecule has 3 nitrogen and oxygen atoms in total. The lowest BCUT2D eigenvalue weighted by Gasteiger charge is -2.20. The highest BCUT2D eigenvalue weighted by Crippen LogP contribution is 2.43. The number of thioether (sulfide) groups is 1. The predicted octanol–water partition coefficient (Wildman–Crippen LogP) is 9.83. The maximum atomic E-state index is 13.8. The quantitative estimate of drug-likeness (QED) is 0.129. The molecule has 0 aliphatic rings. The van der Waals surface area contributed by atoms with Crippen molar-refractivity contribution in [2.24, 2.45) is 0 Å². The van der Waals surface area contributed by atoms with Crippen LogP contribution in [0.1, 0.15) is 21.5 Å². The van der Waals surface area contributed by atoms with Gasteiger partial charge in [-0.2, -0.15) is 0 Å². The van der Waals surface area contributed by atoms with E-state index in [-0.39, 0.29) is 12.6 Å². The van der Waals surface area contributed by atoms with E-state index in [4.69, 9.17) is 9.47 Å². The van der Waals surface area contributed by atoms with Crippen LogP contribution in [0.2, 0.25) is 0 Å². The molecule has 6 aromatic rings. The SMILES string of the molecule is CSc1cc2c(-c3ccccc3)c(C(=O)OCc3ccccc3)cc(OCc3ccccc3)c2cc1-c1ccccc1. The fourth-order valence-electron chi connectivity index (χ4n) is 5.16. The smallest absolute Gasteiger partial charge is 0.339 e. The van der Waals surface area contributed by atoms with Gasteiger partial charge in [-0.15, -0.1) is 11.8 Å². The Morgan fingerprint density at radius 2 is 1.17 bits per heavy atom. The number of benzene rings is 6. The molecule has 0 N–H and O–H groups in total. The zero-order valence-corrected chi connectivity index (χ0v) is 24.1. The highest BCUT2D eigenvalue weighted by molar-refractivity contribution is 7.98. The lowest BCUT2D eigenvalue weighted by atomic mass is 9.90. The molecule has 0 radical (unpaired) electrons. The Morgan fingerprint density at radius 3 is 1.76 bits per heavy atom. The minimum Gasteiger partial charge on any atom is -0.488 e. The molecule has 0 fully saturated rings. The van der Waals surface area contributed by atoms with Crippen LogP contribution in [0, 0.1) is 0 Å². The van der Waals surface area contributed by atoms with Crippen molar-refractivity contribution in [3.05, 3.63) is 156 Å². The molecule has 0 saturated carbocycles. The summed E-state index contributed by atoms with van der Waals surface area (Å²) in [6.45, 7) is 0.569. The van der Waals surface area contributed by atoms with Crippen LogP contribution in [0.25, 0.3) is 33.0 Å². The summed E-state index contributed by atoms with van der Waals surface area (Å²) < 4.78 is 12.4. The molecule has 42 heavy (non-hydrogen) atoms. The van der Waals surface area contributed by atoms with Gasteiger partial charge in [0.1, 0.15) is 19.0 Å². The Labute approximate surface area is 250 Å². The molecule has 0 bridgehead atoms. The third kappa shape index (κ3) is 5.95. The zero-order valence-electron chi connectivity index (χ0n) is 23.3. The van der Waals surface area contributed by atoms with Gasteiger partial charge in [-0.3, -0.25) is 0 Å². The summed E-state index contributed by atoms with van der Waals surface area (Å²) in [4.78, 5) is 15.0. The first kappa shape index (κ1) is 27.4. The largest absolute Gasteiger partial charge is 0.488 e. The van der Waals surface area contributed by atoms with Gasteiger partial charge in [-0.1, -0.05) is 121 Å². The molecule has 4 heteroatoms. The molecular weight excluding hydrogens is 536 g/mol. The predicted molar refractivity (Wildman–Crippen MR) is 173 cm³/mol. The van der Waals surface area contributed by atoms with Crippen LogP contribution in [0.5, 0.6) is 5.75 Å². The fourth-order valence-corrected chi connectivity index (χ4v) is 5.79. The lowest BCUT2D eigenvalue weighted by Crippen LogP contribution is -2.09. The van der Waals surface area contributed by atoms with E-state index in [1.54, 1.807) is 11.8 Å². The van der Waals surface area contributed by atoms with Crippen LogP contribution in [-0.4, -0.2) is 12.2 Å². The van der Waals surface area contributed by atoms with Gasteiger partial charge in [0.05, 0.1) is 5.56 Å². The number of rotatable bonds is 9. The molecule has 0 unspecified atom stereocenters. The first-order valence-electron chi connectivity index (χ1n) is 13.9. The molecule has 6 aromatic carbocycles. The molecule has 0 saturated heterocycles. The number of fused-ring (bicyclic) bond motifs is 1. The molecular formula is C38H30O3S. The van der Waals surface area contributed by atoms with Gasteiger partial charge in [0.25, 0.3) is 0 Å². The average Bonchev–Trinajstić information content (AvgIpc) is 3.07. The summed E-state index contributed by atoms with van der Waals surface area (Å²) in [7, 11) is 0. The van der Waals surface area contributed by atoms with E-state index in [1.165, 1.54) is 0 Å². The van der Waals surface area contributed by atoms with Gasteiger partial charge in [0, 0.05) is 15.8 Å². The van der Waals surface area contributed by atoms with Crippen LogP contribution in [-0.2, 0) is 18.0 Å². The number of hydrogen-bond acceptors (Lipinski definition) is 4. The van der Waals surface area contributed by atoms with E-state index in [9.17, 15) is 4.79 Å². The van der Waals surface area contributed by atoms with Crippen molar-refractivity contribution < 1.29 is 14.3 Å². The van der Waals surface area contributed by atoms with Crippen LogP contribution < -0.4 is 4.74 Å². The number of hydrogen-bond donors (Lipinski definition) is 0. The molecule has 0 spiro atoms. The zero-order chi connectivity index (χ0) is 28.7. The second kappa shape index (κ2) is 12.8. The molecule has 206 valence electrons. The van der Waals surface area contributed by atoms with E-state index in [0.29, 0.717) is 17.9 Å². The van der Waals surface area contributed by atoms with E-state index in [1.807, 2.05) is 103 Å². The van der Waals surface area contributed by atoms with Crippen molar-refractivity contribution in [1.82, 2.24) is 0 Å². The van der Waals surface area contributed by atoms with Crippen molar-refractivity contribution in [2.75, 3.05) is 6.26 Å². The number of carbonyl (C=O) groups is 1. The van der Waals surface area contributed by atoms with Crippen LogP contribution in [0.4, 0.5) is 0 Å². The summed E-state index contributed by atoms with van der Waals surface area (Å²) >= 11 is 1.69. The topological polar surface area (TPSA) is 35.5 Å². The molecule has 0 amide bonds. The Morgan fingerprint density at radius 1 is 0.619 bits per heavy atom. The molecule has 0 atom stereocenters. The van der Waals surface area contributed by atoms with Gasteiger partial charge < -0.3 is 9.47 Å². The highest BCUT2D eigenvalue weighted by Gasteiger charge is 2.23. The fraction of sp³-hybridized carbons (Fsp3) is 0.0789. The standard InChI is InChI=1S/C38H30O3S/c1-42-36-24-33-32(22-31(36)29-18-10-4-11-19-29)35(40-25-27-14-6-2-7-15-27)23-34(37(33)30-20-12-5-13-21-30)38(39)41-26-28-16-8-3-9-17-28/h2-24H,25-26H2,1H3. The summed E-state index contributed by atoms with van der Waals surface area (Å²) in [6, 6.07) is 46.5. The molecule has 6 rings (SSSR count). The van der Waals surface area contributed by atoms with Crippen molar-refractivity contribution in [2.45, 2.75) is 18.1 Å². The normalized spacial score (nSPS) is 10.9.